The third-order valence-electron chi connectivity index (χ3n) is 9.85. The summed E-state index contributed by atoms with van der Waals surface area (Å²) >= 11 is 2.76. The summed E-state index contributed by atoms with van der Waals surface area (Å²) in [5.74, 6) is 0. The predicted molar refractivity (Wildman–Crippen MR) is 202 cm³/mol. The number of hydrogen-bond donors (Lipinski definition) is 0. The first-order valence-corrected chi connectivity index (χ1v) is 21.2. The first-order chi connectivity index (χ1) is 23.0. The molecule has 0 N–H and O–H groups in total. The minimum absolute atomic E-state index is 0. The number of rotatable bonds is 8. The van der Waals surface area contributed by atoms with Crippen molar-refractivity contribution in [1.82, 2.24) is 0 Å². The fraction of sp³-hybridized carbons (Fsp3) is 0.182. The first kappa shape index (κ1) is 36.0. The van der Waals surface area contributed by atoms with Crippen LogP contribution in [0, 0.1) is 13.8 Å². The summed E-state index contributed by atoms with van der Waals surface area (Å²) in [5, 5.41) is 0. The molecule has 6 aromatic rings. The van der Waals surface area contributed by atoms with Gasteiger partial charge in [-0.1, -0.05) is 0 Å². The molecule has 0 fully saturated rings. The van der Waals surface area contributed by atoms with Crippen molar-refractivity contribution in [2.24, 2.45) is 0 Å². The van der Waals surface area contributed by atoms with E-state index in [4.69, 9.17) is 0 Å². The number of benzene rings is 4. The molecule has 2 aliphatic carbocycles. The van der Waals surface area contributed by atoms with Gasteiger partial charge in [0.25, 0.3) is 0 Å². The zero-order valence-electron chi connectivity index (χ0n) is 28.2. The van der Waals surface area contributed by atoms with Gasteiger partial charge in [-0.25, -0.2) is 0 Å². The Labute approximate surface area is 323 Å². The van der Waals surface area contributed by atoms with Crippen LogP contribution in [-0.4, -0.2) is 0 Å². The number of aryl methyl sites for hydroxylation is 4. The van der Waals surface area contributed by atoms with E-state index in [1.165, 1.54) is 75.1 Å². The first-order valence-electron chi connectivity index (χ1n) is 16.8. The fourth-order valence-electron chi connectivity index (χ4n) is 7.28. The Bertz CT molecular complexity index is 2010. The van der Waals surface area contributed by atoms with E-state index in [2.05, 4.69) is 149 Å². The van der Waals surface area contributed by atoms with Gasteiger partial charge in [0.05, 0.1) is 0 Å². The Balaban J connectivity index is 0.00000208. The van der Waals surface area contributed by atoms with E-state index in [1.54, 1.807) is 11.1 Å². The normalized spacial score (nSPS) is 15.8. The van der Waals surface area contributed by atoms with Crippen molar-refractivity contribution in [2.45, 2.75) is 47.8 Å². The van der Waals surface area contributed by atoms with Gasteiger partial charge in [-0.15, -0.1) is 0 Å². The molecular formula is C44H38Cl2S2Zr. The van der Waals surface area contributed by atoms with Crippen LogP contribution in [0.1, 0.15) is 74.0 Å². The average molecular weight is 793 g/mol. The third-order valence-corrected chi connectivity index (χ3v) is 16.6. The summed E-state index contributed by atoms with van der Waals surface area (Å²) in [7, 11) is 0. The molecule has 0 amide bonds. The molecule has 5 heteroatoms. The van der Waals surface area contributed by atoms with E-state index in [-0.39, 0.29) is 24.8 Å². The summed E-state index contributed by atoms with van der Waals surface area (Å²) in [4.78, 5) is 5.65. The summed E-state index contributed by atoms with van der Waals surface area (Å²) < 4.78 is 0.962. The van der Waals surface area contributed by atoms with Crippen LogP contribution in [0.25, 0.3) is 45.6 Å². The molecule has 2 aliphatic rings. The molecule has 0 saturated carbocycles. The maximum atomic E-state index is 2.56. The minimum Gasteiger partial charge on any atom is -1.00 e. The van der Waals surface area contributed by atoms with Crippen molar-refractivity contribution in [3.63, 3.8) is 0 Å². The van der Waals surface area contributed by atoms with Gasteiger partial charge in [0, 0.05) is 0 Å². The smallest absolute Gasteiger partial charge is 1.00 e. The molecule has 2 heterocycles. The van der Waals surface area contributed by atoms with E-state index < -0.39 is 23.2 Å². The SMILES string of the molecule is CCc1ccc(-c2cccc3c2C=C(c2ccc(C)s2)[CH]3[Zr+2][CH]2C(c3ccc(C)s3)=Cc3c(-c4ccc(CC)cc4)cccc32)cc1.[Cl-].[Cl-]. The monoisotopic (exact) mass is 790 g/mol. The second-order valence-corrected chi connectivity index (χ2v) is 19.0. The minimum atomic E-state index is -1.15. The molecule has 0 spiro atoms. The number of halogens is 2. The second-order valence-electron chi connectivity index (χ2n) is 12.8. The quantitative estimate of drug-likeness (QED) is 0.158. The van der Waals surface area contributed by atoms with E-state index >= 15 is 0 Å². The molecule has 0 nitrogen and oxygen atoms in total. The van der Waals surface area contributed by atoms with Gasteiger partial charge in [-0.3, -0.25) is 0 Å². The van der Waals surface area contributed by atoms with Gasteiger partial charge in [0.2, 0.25) is 0 Å². The molecule has 0 aliphatic heterocycles. The van der Waals surface area contributed by atoms with Crippen LogP contribution in [0.4, 0.5) is 0 Å². The average Bonchev–Trinajstić information content (AvgIpc) is 3.90. The molecule has 8 rings (SSSR count). The third kappa shape index (κ3) is 6.83. The number of fused-ring (bicyclic) bond motifs is 2. The molecule has 244 valence electrons. The maximum absolute atomic E-state index is 2.56. The summed E-state index contributed by atoms with van der Waals surface area (Å²) in [6, 6.07) is 42.0. The van der Waals surface area contributed by atoms with Crippen molar-refractivity contribution in [1.29, 1.82) is 0 Å². The van der Waals surface area contributed by atoms with E-state index in [9.17, 15) is 0 Å². The number of allylic oxidation sites excluding steroid dienone is 2. The van der Waals surface area contributed by atoms with Crippen molar-refractivity contribution in [3.8, 4) is 22.3 Å². The Kier molecular flexibility index (Phi) is 11.2. The largest absolute Gasteiger partial charge is 1.00 e. The van der Waals surface area contributed by atoms with Crippen molar-refractivity contribution in [2.75, 3.05) is 0 Å². The van der Waals surface area contributed by atoms with Crippen LogP contribution in [0.15, 0.2) is 109 Å². The summed E-state index contributed by atoms with van der Waals surface area (Å²) in [6.07, 6.45) is 7.26. The molecule has 0 saturated heterocycles. The van der Waals surface area contributed by atoms with Crippen LogP contribution in [0.3, 0.4) is 0 Å². The van der Waals surface area contributed by atoms with E-state index in [1.807, 2.05) is 22.7 Å². The zero-order chi connectivity index (χ0) is 32.1. The van der Waals surface area contributed by atoms with Gasteiger partial charge >= 0.3 is 301 Å². The van der Waals surface area contributed by atoms with E-state index in [0.29, 0.717) is 7.25 Å². The Morgan fingerprint density at radius 3 is 1.27 bits per heavy atom. The predicted octanol–water partition coefficient (Wildman–Crippen LogP) is 6.87. The molecule has 2 aromatic heterocycles. The second kappa shape index (κ2) is 15.2. The fourth-order valence-corrected chi connectivity index (χ4v) is 14.6. The van der Waals surface area contributed by atoms with Gasteiger partial charge < -0.3 is 24.8 Å². The molecule has 0 radical (unpaired) electrons. The molecular weight excluding hydrogens is 755 g/mol. The summed E-state index contributed by atoms with van der Waals surface area (Å²) in [5.41, 5.74) is 17.2. The summed E-state index contributed by atoms with van der Waals surface area (Å²) in [6.45, 7) is 8.95. The Hall–Kier alpha value is -2.78. The number of thiophene rings is 2. The van der Waals surface area contributed by atoms with Crippen molar-refractivity contribution in [3.05, 3.63) is 162 Å². The van der Waals surface area contributed by atoms with Gasteiger partial charge in [0.15, 0.2) is 0 Å². The van der Waals surface area contributed by atoms with Crippen LogP contribution in [-0.2, 0) is 36.1 Å². The zero-order valence-corrected chi connectivity index (χ0v) is 33.8. The number of hydrogen-bond acceptors (Lipinski definition) is 2. The molecule has 2 unspecified atom stereocenters. The van der Waals surface area contributed by atoms with Crippen molar-refractivity contribution >= 4 is 46.0 Å². The Morgan fingerprint density at radius 2 is 0.918 bits per heavy atom. The van der Waals surface area contributed by atoms with Crippen LogP contribution >= 0.6 is 22.7 Å². The topological polar surface area (TPSA) is 0 Å². The molecule has 49 heavy (non-hydrogen) atoms. The molecule has 2 atom stereocenters. The van der Waals surface area contributed by atoms with Crippen LogP contribution < -0.4 is 24.8 Å². The van der Waals surface area contributed by atoms with Crippen molar-refractivity contribution < 1.29 is 48.0 Å². The molecule has 4 aromatic carbocycles. The van der Waals surface area contributed by atoms with E-state index in [0.717, 1.165) is 12.8 Å². The van der Waals surface area contributed by atoms with Gasteiger partial charge in [0.1, 0.15) is 0 Å². The van der Waals surface area contributed by atoms with Gasteiger partial charge in [-0.2, -0.15) is 0 Å². The Morgan fingerprint density at radius 1 is 0.510 bits per heavy atom. The van der Waals surface area contributed by atoms with Crippen LogP contribution in [0.5, 0.6) is 0 Å². The van der Waals surface area contributed by atoms with Crippen LogP contribution in [0.2, 0.25) is 0 Å². The van der Waals surface area contributed by atoms with Gasteiger partial charge in [-0.05, 0) is 0 Å². The molecule has 0 bridgehead atoms. The standard InChI is InChI=1S/2C22H19S.2ClH.Zr/c2*1-3-16-8-10-17(11-9-16)20-6-4-5-18-13-19(14-21(18)20)22-12-7-15(2)23-22;;;/h2*4-14H,3H2,1-2H3;2*1H;/q;;;;+2/p-2. The maximum Gasteiger partial charge on any atom is -1.00 e.